The molecular formula is C18H22N4OS. The minimum absolute atomic E-state index is 0.482. The molecule has 5 nitrogen and oxygen atoms in total. The molecule has 0 aliphatic heterocycles. The third-order valence-electron chi connectivity index (χ3n) is 4.00. The summed E-state index contributed by atoms with van der Waals surface area (Å²) in [6.07, 6.45) is 3.44. The molecule has 3 heterocycles. The normalized spacial score (nSPS) is 12.3. The first kappa shape index (κ1) is 16.7. The van der Waals surface area contributed by atoms with Crippen molar-refractivity contribution in [3.8, 4) is 11.6 Å². The van der Waals surface area contributed by atoms with Crippen molar-refractivity contribution in [1.29, 1.82) is 0 Å². The standard InChI is InChI=1S/C18H22N4OS/c1-13(15-6-8-24-12-15)9-20-11-17-14(2)21-22(3)18(17)23-16-5-4-7-19-10-16/h4-8,10,12-13,20H,9,11H2,1-3H3/t13-/m0/s1. The summed E-state index contributed by atoms with van der Waals surface area (Å²) in [6, 6.07) is 5.94. The number of hydrogen-bond acceptors (Lipinski definition) is 5. The van der Waals surface area contributed by atoms with Crippen molar-refractivity contribution in [1.82, 2.24) is 20.1 Å². The monoisotopic (exact) mass is 342 g/mol. The van der Waals surface area contributed by atoms with Crippen molar-refractivity contribution in [2.45, 2.75) is 26.3 Å². The lowest BCUT2D eigenvalue weighted by Crippen LogP contribution is -2.20. The van der Waals surface area contributed by atoms with E-state index in [1.54, 1.807) is 28.4 Å². The van der Waals surface area contributed by atoms with E-state index in [1.165, 1.54) is 5.56 Å². The molecule has 0 saturated heterocycles. The van der Waals surface area contributed by atoms with Gasteiger partial charge in [-0.05, 0) is 47.4 Å². The highest BCUT2D eigenvalue weighted by Gasteiger charge is 2.16. The summed E-state index contributed by atoms with van der Waals surface area (Å²) in [4.78, 5) is 4.09. The third kappa shape index (κ3) is 3.83. The number of pyridine rings is 1. The number of rotatable bonds is 7. The number of nitrogens with one attached hydrogen (secondary N) is 1. The van der Waals surface area contributed by atoms with E-state index in [0.29, 0.717) is 11.7 Å². The predicted molar refractivity (Wildman–Crippen MR) is 96.7 cm³/mol. The molecule has 3 rings (SSSR count). The van der Waals surface area contributed by atoms with Crippen LogP contribution in [0.5, 0.6) is 11.6 Å². The van der Waals surface area contributed by atoms with Gasteiger partial charge < -0.3 is 10.1 Å². The SMILES string of the molecule is Cc1nn(C)c(Oc2cccnc2)c1CNC[C@H](C)c1ccsc1. The Morgan fingerprint density at radius 1 is 1.38 bits per heavy atom. The zero-order valence-electron chi connectivity index (χ0n) is 14.2. The van der Waals surface area contributed by atoms with Gasteiger partial charge in [0.25, 0.3) is 0 Å². The summed E-state index contributed by atoms with van der Waals surface area (Å²) in [7, 11) is 1.90. The van der Waals surface area contributed by atoms with Crippen LogP contribution in [-0.2, 0) is 13.6 Å². The summed E-state index contributed by atoms with van der Waals surface area (Å²) >= 11 is 1.74. The lowest BCUT2D eigenvalue weighted by Gasteiger charge is -2.12. The molecule has 0 spiro atoms. The average molecular weight is 342 g/mol. The molecule has 0 fully saturated rings. The van der Waals surface area contributed by atoms with Crippen molar-refractivity contribution in [2.75, 3.05) is 6.54 Å². The second-order valence-corrected chi connectivity index (χ2v) is 6.65. The van der Waals surface area contributed by atoms with Crippen LogP contribution in [0.1, 0.15) is 29.7 Å². The van der Waals surface area contributed by atoms with Gasteiger partial charge in [-0.3, -0.25) is 4.98 Å². The molecule has 0 unspecified atom stereocenters. The molecule has 3 aromatic heterocycles. The predicted octanol–water partition coefficient (Wildman–Crippen LogP) is 3.87. The van der Waals surface area contributed by atoms with Gasteiger partial charge in [-0.1, -0.05) is 6.92 Å². The fourth-order valence-corrected chi connectivity index (χ4v) is 3.40. The van der Waals surface area contributed by atoms with Crippen molar-refractivity contribution in [3.05, 3.63) is 58.2 Å². The molecule has 0 amide bonds. The lowest BCUT2D eigenvalue weighted by molar-refractivity contribution is 0.422. The highest BCUT2D eigenvalue weighted by atomic mass is 32.1. The van der Waals surface area contributed by atoms with Crippen LogP contribution in [0.2, 0.25) is 0 Å². The van der Waals surface area contributed by atoms with Crippen LogP contribution in [0.15, 0.2) is 41.4 Å². The number of thiophene rings is 1. The maximum absolute atomic E-state index is 5.99. The largest absolute Gasteiger partial charge is 0.437 e. The van der Waals surface area contributed by atoms with E-state index in [0.717, 1.165) is 30.2 Å². The van der Waals surface area contributed by atoms with E-state index in [9.17, 15) is 0 Å². The fraction of sp³-hybridized carbons (Fsp3) is 0.333. The molecule has 1 N–H and O–H groups in total. The van der Waals surface area contributed by atoms with Crippen LogP contribution in [-0.4, -0.2) is 21.3 Å². The highest BCUT2D eigenvalue weighted by Crippen LogP contribution is 2.27. The Morgan fingerprint density at radius 2 is 2.25 bits per heavy atom. The Kier molecular flexibility index (Phi) is 5.27. The van der Waals surface area contributed by atoms with E-state index >= 15 is 0 Å². The van der Waals surface area contributed by atoms with Crippen LogP contribution < -0.4 is 10.1 Å². The lowest BCUT2D eigenvalue weighted by atomic mass is 10.1. The summed E-state index contributed by atoms with van der Waals surface area (Å²) in [5.41, 5.74) is 3.44. The summed E-state index contributed by atoms with van der Waals surface area (Å²) in [6.45, 7) is 5.88. The third-order valence-corrected chi connectivity index (χ3v) is 4.70. The maximum atomic E-state index is 5.99. The van der Waals surface area contributed by atoms with Crippen LogP contribution in [0.3, 0.4) is 0 Å². The van der Waals surface area contributed by atoms with Gasteiger partial charge in [-0.25, -0.2) is 4.68 Å². The summed E-state index contributed by atoms with van der Waals surface area (Å²) in [5, 5.41) is 12.3. The summed E-state index contributed by atoms with van der Waals surface area (Å²) < 4.78 is 7.77. The molecule has 0 radical (unpaired) electrons. The minimum Gasteiger partial charge on any atom is -0.437 e. The first-order valence-electron chi connectivity index (χ1n) is 7.98. The van der Waals surface area contributed by atoms with Gasteiger partial charge >= 0.3 is 0 Å². The smallest absolute Gasteiger partial charge is 0.222 e. The van der Waals surface area contributed by atoms with Crippen LogP contribution in [0, 0.1) is 6.92 Å². The zero-order valence-corrected chi connectivity index (χ0v) is 15.0. The Balaban J connectivity index is 1.67. The van der Waals surface area contributed by atoms with E-state index < -0.39 is 0 Å². The average Bonchev–Trinajstić information content (AvgIpc) is 3.19. The Bertz CT molecular complexity index is 768. The highest BCUT2D eigenvalue weighted by molar-refractivity contribution is 7.07. The number of ether oxygens (including phenoxy) is 1. The van der Waals surface area contributed by atoms with Gasteiger partial charge in [-0.15, -0.1) is 0 Å². The van der Waals surface area contributed by atoms with E-state index in [4.69, 9.17) is 4.74 Å². The molecular weight excluding hydrogens is 320 g/mol. The number of hydrogen-bond donors (Lipinski definition) is 1. The van der Waals surface area contributed by atoms with Crippen molar-refractivity contribution in [3.63, 3.8) is 0 Å². The number of aromatic nitrogens is 3. The van der Waals surface area contributed by atoms with Crippen molar-refractivity contribution in [2.24, 2.45) is 7.05 Å². The molecule has 0 bridgehead atoms. The summed E-state index contributed by atoms with van der Waals surface area (Å²) in [5.74, 6) is 1.96. The van der Waals surface area contributed by atoms with E-state index in [1.807, 2.05) is 26.1 Å². The van der Waals surface area contributed by atoms with Gasteiger partial charge in [0, 0.05) is 26.3 Å². The van der Waals surface area contributed by atoms with E-state index in [2.05, 4.69) is 39.1 Å². The Labute approximate surface area is 146 Å². The zero-order chi connectivity index (χ0) is 16.9. The number of aryl methyl sites for hydroxylation is 2. The second-order valence-electron chi connectivity index (χ2n) is 5.87. The molecule has 0 saturated carbocycles. The van der Waals surface area contributed by atoms with Crippen LogP contribution >= 0.6 is 11.3 Å². The van der Waals surface area contributed by atoms with Gasteiger partial charge in [-0.2, -0.15) is 16.4 Å². The Morgan fingerprint density at radius 3 is 2.96 bits per heavy atom. The quantitative estimate of drug-likeness (QED) is 0.708. The molecule has 0 aliphatic rings. The molecule has 0 aromatic carbocycles. The first-order valence-corrected chi connectivity index (χ1v) is 8.92. The van der Waals surface area contributed by atoms with Crippen LogP contribution in [0.25, 0.3) is 0 Å². The topological polar surface area (TPSA) is 52.0 Å². The van der Waals surface area contributed by atoms with Gasteiger partial charge in [0.1, 0.15) is 5.75 Å². The first-order chi connectivity index (χ1) is 11.6. The fourth-order valence-electron chi connectivity index (χ4n) is 2.62. The Hall–Kier alpha value is -2.18. The van der Waals surface area contributed by atoms with Crippen molar-refractivity contribution >= 4 is 11.3 Å². The molecule has 24 heavy (non-hydrogen) atoms. The molecule has 3 aromatic rings. The molecule has 126 valence electrons. The maximum Gasteiger partial charge on any atom is 0.222 e. The van der Waals surface area contributed by atoms with Crippen LogP contribution in [0.4, 0.5) is 0 Å². The van der Waals surface area contributed by atoms with Gasteiger partial charge in [0.05, 0.1) is 17.5 Å². The van der Waals surface area contributed by atoms with Gasteiger partial charge in [0.15, 0.2) is 0 Å². The van der Waals surface area contributed by atoms with Crippen molar-refractivity contribution < 1.29 is 4.74 Å². The molecule has 6 heteroatoms. The van der Waals surface area contributed by atoms with Gasteiger partial charge in [0.2, 0.25) is 5.88 Å². The second kappa shape index (κ2) is 7.59. The number of nitrogens with zero attached hydrogens (tertiary/aromatic N) is 3. The molecule has 0 aliphatic carbocycles. The van der Waals surface area contributed by atoms with E-state index in [-0.39, 0.29) is 0 Å². The molecule has 1 atom stereocenters. The minimum atomic E-state index is 0.482.